The van der Waals surface area contributed by atoms with Crippen LogP contribution in [0.25, 0.3) is 5.65 Å². The van der Waals surface area contributed by atoms with Crippen LogP contribution < -0.4 is 5.73 Å². The number of oxime groups is 1. The first-order valence-corrected chi connectivity index (χ1v) is 4.43. The molecule has 3 N–H and O–H groups in total. The van der Waals surface area contributed by atoms with Gasteiger partial charge in [-0.05, 0) is 19.9 Å². The summed E-state index contributed by atoms with van der Waals surface area (Å²) >= 11 is 0. The van der Waals surface area contributed by atoms with Gasteiger partial charge in [0.25, 0.3) is 0 Å². The van der Waals surface area contributed by atoms with Gasteiger partial charge in [-0.1, -0.05) is 5.16 Å². The van der Waals surface area contributed by atoms with Gasteiger partial charge in [0.15, 0.2) is 11.5 Å². The molecule has 78 valence electrons. The van der Waals surface area contributed by atoms with E-state index in [1.54, 1.807) is 4.52 Å². The van der Waals surface area contributed by atoms with Gasteiger partial charge in [-0.2, -0.15) is 5.10 Å². The average molecular weight is 205 g/mol. The minimum absolute atomic E-state index is 0.0162. The van der Waals surface area contributed by atoms with E-state index in [0.29, 0.717) is 11.2 Å². The van der Waals surface area contributed by atoms with Crippen LogP contribution in [-0.2, 0) is 0 Å². The summed E-state index contributed by atoms with van der Waals surface area (Å²) in [5.74, 6) is 0.0162. The van der Waals surface area contributed by atoms with E-state index in [1.165, 1.54) is 6.20 Å². The van der Waals surface area contributed by atoms with E-state index in [1.807, 2.05) is 19.9 Å². The maximum Gasteiger partial charge on any atom is 0.175 e. The fourth-order valence-electron chi connectivity index (χ4n) is 1.51. The molecule has 0 saturated carbocycles. The van der Waals surface area contributed by atoms with E-state index in [4.69, 9.17) is 10.9 Å². The van der Waals surface area contributed by atoms with E-state index in [9.17, 15) is 0 Å². The third-order valence-corrected chi connectivity index (χ3v) is 2.16. The molecule has 0 aromatic carbocycles. The standard InChI is InChI=1S/C9H11N5O/c1-5-3-6(2)14-9(12-5)7(4-11-14)8(10)13-15/h3-4,15H,1-2H3,(H2,10,13). The minimum atomic E-state index is 0.0162. The maximum atomic E-state index is 8.60. The summed E-state index contributed by atoms with van der Waals surface area (Å²) < 4.78 is 1.65. The summed E-state index contributed by atoms with van der Waals surface area (Å²) in [6, 6.07) is 1.91. The summed E-state index contributed by atoms with van der Waals surface area (Å²) in [6.45, 7) is 3.81. The van der Waals surface area contributed by atoms with Crippen molar-refractivity contribution >= 4 is 11.5 Å². The van der Waals surface area contributed by atoms with E-state index in [-0.39, 0.29) is 5.84 Å². The van der Waals surface area contributed by atoms with Crippen LogP contribution in [0.2, 0.25) is 0 Å². The van der Waals surface area contributed by atoms with Gasteiger partial charge < -0.3 is 10.9 Å². The first-order chi connectivity index (χ1) is 7.13. The van der Waals surface area contributed by atoms with Gasteiger partial charge in [-0.15, -0.1) is 0 Å². The first kappa shape index (κ1) is 9.45. The highest BCUT2D eigenvalue weighted by molar-refractivity contribution is 6.02. The molecule has 0 aliphatic carbocycles. The predicted octanol–water partition coefficient (Wildman–Crippen LogP) is 0.441. The van der Waals surface area contributed by atoms with Crippen molar-refractivity contribution < 1.29 is 5.21 Å². The molecule has 2 rings (SSSR count). The highest BCUT2D eigenvalue weighted by Gasteiger charge is 2.11. The van der Waals surface area contributed by atoms with Crippen LogP contribution in [0.3, 0.4) is 0 Å². The fourth-order valence-corrected chi connectivity index (χ4v) is 1.51. The van der Waals surface area contributed by atoms with Crippen molar-refractivity contribution in [1.82, 2.24) is 14.6 Å². The third kappa shape index (κ3) is 1.39. The Kier molecular flexibility index (Phi) is 2.03. The molecule has 0 radical (unpaired) electrons. The lowest BCUT2D eigenvalue weighted by molar-refractivity contribution is 0.318. The summed E-state index contributed by atoms with van der Waals surface area (Å²) in [5.41, 5.74) is 8.46. The monoisotopic (exact) mass is 205 g/mol. The summed E-state index contributed by atoms with van der Waals surface area (Å²) in [6.07, 6.45) is 1.53. The van der Waals surface area contributed by atoms with Gasteiger partial charge in [0.05, 0.1) is 11.8 Å². The molecule has 2 aromatic heterocycles. The Balaban J connectivity index is 2.80. The number of nitrogens with zero attached hydrogens (tertiary/aromatic N) is 4. The Bertz CT molecular complexity index is 543. The molecule has 0 aliphatic rings. The van der Waals surface area contributed by atoms with Crippen molar-refractivity contribution in [3.63, 3.8) is 0 Å². The number of aryl methyl sites for hydroxylation is 2. The Labute approximate surface area is 86.0 Å². The Morgan fingerprint density at radius 2 is 2.27 bits per heavy atom. The topological polar surface area (TPSA) is 88.8 Å². The molecule has 6 nitrogen and oxygen atoms in total. The average Bonchev–Trinajstić information content (AvgIpc) is 2.60. The van der Waals surface area contributed by atoms with E-state index >= 15 is 0 Å². The molecule has 0 aliphatic heterocycles. The number of hydrogen-bond acceptors (Lipinski definition) is 4. The Morgan fingerprint density at radius 1 is 1.53 bits per heavy atom. The van der Waals surface area contributed by atoms with Crippen molar-refractivity contribution in [2.75, 3.05) is 0 Å². The van der Waals surface area contributed by atoms with Crippen LogP contribution in [0.4, 0.5) is 0 Å². The molecule has 0 amide bonds. The van der Waals surface area contributed by atoms with Gasteiger partial charge in [0.2, 0.25) is 0 Å². The van der Waals surface area contributed by atoms with Crippen LogP contribution >= 0.6 is 0 Å². The van der Waals surface area contributed by atoms with Gasteiger partial charge in [-0.3, -0.25) is 0 Å². The fraction of sp³-hybridized carbons (Fsp3) is 0.222. The predicted molar refractivity (Wildman–Crippen MR) is 55.0 cm³/mol. The molecule has 0 fully saturated rings. The second-order valence-electron chi connectivity index (χ2n) is 3.32. The normalized spacial score (nSPS) is 12.3. The number of fused-ring (bicyclic) bond motifs is 1. The molecule has 0 atom stereocenters. The quantitative estimate of drug-likeness (QED) is 0.306. The Hall–Kier alpha value is -2.11. The molecule has 0 bridgehead atoms. The van der Waals surface area contributed by atoms with Crippen LogP contribution in [0.1, 0.15) is 17.0 Å². The van der Waals surface area contributed by atoms with Gasteiger partial charge >= 0.3 is 0 Å². The highest BCUT2D eigenvalue weighted by Crippen LogP contribution is 2.11. The molecule has 0 unspecified atom stereocenters. The molecular weight excluding hydrogens is 194 g/mol. The smallest absolute Gasteiger partial charge is 0.175 e. The van der Waals surface area contributed by atoms with Gasteiger partial charge in [0.1, 0.15) is 0 Å². The molecule has 2 heterocycles. The van der Waals surface area contributed by atoms with Crippen molar-refractivity contribution in [2.24, 2.45) is 10.9 Å². The van der Waals surface area contributed by atoms with Crippen molar-refractivity contribution in [3.8, 4) is 0 Å². The lowest BCUT2D eigenvalue weighted by atomic mass is 10.3. The molecule has 6 heteroatoms. The number of amidine groups is 1. The summed E-state index contributed by atoms with van der Waals surface area (Å²) in [5, 5.41) is 15.7. The zero-order chi connectivity index (χ0) is 11.0. The SMILES string of the molecule is Cc1cc(C)n2ncc(/C(N)=N\O)c2n1. The molecule has 15 heavy (non-hydrogen) atoms. The van der Waals surface area contributed by atoms with Crippen LogP contribution in [0.5, 0.6) is 0 Å². The minimum Gasteiger partial charge on any atom is -0.409 e. The van der Waals surface area contributed by atoms with E-state index < -0.39 is 0 Å². The molecule has 2 aromatic rings. The lowest BCUT2D eigenvalue weighted by Gasteiger charge is -2.01. The van der Waals surface area contributed by atoms with Gasteiger partial charge in [0, 0.05) is 11.4 Å². The highest BCUT2D eigenvalue weighted by atomic mass is 16.4. The third-order valence-electron chi connectivity index (χ3n) is 2.16. The zero-order valence-corrected chi connectivity index (χ0v) is 8.47. The maximum absolute atomic E-state index is 8.60. The van der Waals surface area contributed by atoms with Crippen LogP contribution in [0.15, 0.2) is 17.4 Å². The van der Waals surface area contributed by atoms with Crippen molar-refractivity contribution in [2.45, 2.75) is 13.8 Å². The lowest BCUT2D eigenvalue weighted by Crippen LogP contribution is -2.13. The van der Waals surface area contributed by atoms with Crippen molar-refractivity contribution in [3.05, 3.63) is 29.2 Å². The largest absolute Gasteiger partial charge is 0.409 e. The second kappa shape index (κ2) is 3.23. The zero-order valence-electron chi connectivity index (χ0n) is 8.47. The number of hydrogen-bond donors (Lipinski definition) is 2. The summed E-state index contributed by atoms with van der Waals surface area (Å²) in [7, 11) is 0. The van der Waals surface area contributed by atoms with Crippen LogP contribution in [0, 0.1) is 13.8 Å². The number of aromatic nitrogens is 3. The first-order valence-electron chi connectivity index (χ1n) is 4.43. The molecule has 0 saturated heterocycles. The van der Waals surface area contributed by atoms with Crippen molar-refractivity contribution in [1.29, 1.82) is 0 Å². The van der Waals surface area contributed by atoms with Crippen LogP contribution in [-0.4, -0.2) is 25.6 Å². The number of rotatable bonds is 1. The molecule has 0 spiro atoms. The van der Waals surface area contributed by atoms with Gasteiger partial charge in [-0.25, -0.2) is 9.50 Å². The van der Waals surface area contributed by atoms with E-state index in [0.717, 1.165) is 11.4 Å². The summed E-state index contributed by atoms with van der Waals surface area (Å²) in [4.78, 5) is 4.29. The number of nitrogens with two attached hydrogens (primary N) is 1. The second-order valence-corrected chi connectivity index (χ2v) is 3.32. The Morgan fingerprint density at radius 3 is 2.93 bits per heavy atom. The molecular formula is C9H11N5O. The van der Waals surface area contributed by atoms with E-state index in [2.05, 4.69) is 15.2 Å².